The quantitative estimate of drug-likeness (QED) is 0.822. The fraction of sp³-hybridized carbons (Fsp3) is 0.538. The van der Waals surface area contributed by atoms with Crippen LogP contribution in [0.15, 0.2) is 35.2 Å². The van der Waals surface area contributed by atoms with E-state index in [9.17, 15) is 16.8 Å². The third kappa shape index (κ3) is 3.13. The van der Waals surface area contributed by atoms with Crippen molar-refractivity contribution >= 4 is 20.0 Å². The largest absolute Gasteiger partial charge is 0.244 e. The molecule has 1 fully saturated rings. The lowest BCUT2D eigenvalue weighted by Crippen LogP contribution is -2.47. The highest BCUT2D eigenvalue weighted by atomic mass is 32.2. The van der Waals surface area contributed by atoms with Crippen LogP contribution in [0.25, 0.3) is 0 Å². The molecule has 0 amide bonds. The fourth-order valence-electron chi connectivity index (χ4n) is 2.62. The van der Waals surface area contributed by atoms with Crippen LogP contribution in [-0.2, 0) is 20.0 Å². The molecule has 1 aromatic rings. The molecular formula is C13H20N2O4S2. The number of hydrogen-bond donors (Lipinski definition) is 0. The molecule has 0 radical (unpaired) electrons. The van der Waals surface area contributed by atoms with Crippen molar-refractivity contribution in [3.05, 3.63) is 30.3 Å². The van der Waals surface area contributed by atoms with E-state index in [1.807, 2.05) is 13.8 Å². The van der Waals surface area contributed by atoms with Crippen molar-refractivity contribution in [1.82, 2.24) is 8.61 Å². The molecule has 2 rings (SSSR count). The molecule has 1 aliphatic heterocycles. The molecule has 1 saturated heterocycles. The Bertz CT molecular complexity index is 699. The van der Waals surface area contributed by atoms with Crippen LogP contribution < -0.4 is 0 Å². The molecule has 8 heteroatoms. The Balaban J connectivity index is 2.45. The monoisotopic (exact) mass is 332 g/mol. The number of rotatable bonds is 4. The second-order valence-electron chi connectivity index (χ2n) is 5.46. The summed E-state index contributed by atoms with van der Waals surface area (Å²) in [5, 5.41) is 0. The van der Waals surface area contributed by atoms with E-state index in [0.717, 1.165) is 6.26 Å². The summed E-state index contributed by atoms with van der Waals surface area (Å²) in [6.07, 6.45) is 0.436. The summed E-state index contributed by atoms with van der Waals surface area (Å²) in [7, 11) is -7.14. The zero-order valence-corrected chi connectivity index (χ0v) is 13.9. The van der Waals surface area contributed by atoms with Gasteiger partial charge in [-0.25, -0.2) is 16.8 Å². The molecule has 0 saturated carbocycles. The van der Waals surface area contributed by atoms with Gasteiger partial charge in [0.15, 0.2) is 0 Å². The molecule has 0 spiro atoms. The molecule has 118 valence electrons. The van der Waals surface area contributed by atoms with Crippen molar-refractivity contribution in [1.29, 1.82) is 0 Å². The minimum Gasteiger partial charge on any atom is -0.212 e. The van der Waals surface area contributed by atoms with Gasteiger partial charge in [-0.3, -0.25) is 0 Å². The molecule has 1 aromatic carbocycles. The Kier molecular flexibility index (Phi) is 4.44. The second kappa shape index (κ2) is 5.68. The van der Waals surface area contributed by atoms with Crippen LogP contribution in [0.1, 0.15) is 13.8 Å². The minimum atomic E-state index is -3.70. The van der Waals surface area contributed by atoms with Crippen LogP contribution in [0.5, 0.6) is 0 Å². The van der Waals surface area contributed by atoms with Gasteiger partial charge in [-0.1, -0.05) is 32.0 Å². The maximum Gasteiger partial charge on any atom is 0.244 e. The summed E-state index contributed by atoms with van der Waals surface area (Å²) in [6.45, 7) is 4.00. The summed E-state index contributed by atoms with van der Waals surface area (Å²) >= 11 is 0. The third-order valence-corrected chi connectivity index (χ3v) is 6.64. The van der Waals surface area contributed by atoms with Crippen molar-refractivity contribution in [2.45, 2.75) is 24.9 Å². The van der Waals surface area contributed by atoms with Gasteiger partial charge in [-0.15, -0.1) is 0 Å². The first kappa shape index (κ1) is 16.4. The molecule has 21 heavy (non-hydrogen) atoms. The average Bonchev–Trinajstić information content (AvgIpc) is 2.85. The van der Waals surface area contributed by atoms with Gasteiger partial charge in [0.1, 0.15) is 0 Å². The van der Waals surface area contributed by atoms with Gasteiger partial charge < -0.3 is 0 Å². The van der Waals surface area contributed by atoms with Gasteiger partial charge in [0.05, 0.1) is 17.3 Å². The number of benzene rings is 1. The Labute approximate surface area is 126 Å². The lowest BCUT2D eigenvalue weighted by Gasteiger charge is -2.31. The van der Waals surface area contributed by atoms with Gasteiger partial charge >= 0.3 is 0 Å². The zero-order valence-electron chi connectivity index (χ0n) is 12.3. The van der Waals surface area contributed by atoms with Gasteiger partial charge in [0.25, 0.3) is 0 Å². The minimum absolute atomic E-state index is 0.138. The number of sulfonamides is 2. The molecular weight excluding hydrogens is 312 g/mol. The highest BCUT2D eigenvalue weighted by Gasteiger charge is 2.45. The van der Waals surface area contributed by atoms with E-state index in [0.29, 0.717) is 0 Å². The Hall–Kier alpha value is -0.960. The number of nitrogens with zero attached hydrogens (tertiary/aromatic N) is 2. The van der Waals surface area contributed by atoms with E-state index in [2.05, 4.69) is 0 Å². The van der Waals surface area contributed by atoms with Crippen molar-refractivity contribution in [2.24, 2.45) is 5.92 Å². The maximum absolute atomic E-state index is 12.7. The fourth-order valence-corrected chi connectivity index (χ4v) is 5.58. The molecule has 1 aliphatic rings. The van der Waals surface area contributed by atoms with Gasteiger partial charge in [0.2, 0.25) is 20.0 Å². The van der Waals surface area contributed by atoms with Gasteiger partial charge in [-0.2, -0.15) is 8.61 Å². The first-order valence-corrected chi connectivity index (χ1v) is 9.98. The van der Waals surface area contributed by atoms with E-state index in [1.165, 1.54) is 20.7 Å². The predicted molar refractivity (Wildman–Crippen MR) is 80.5 cm³/mol. The summed E-state index contributed by atoms with van der Waals surface area (Å²) < 4.78 is 51.7. The molecule has 1 heterocycles. The lowest BCUT2D eigenvalue weighted by atomic mass is 10.2. The molecule has 6 nitrogen and oxygen atoms in total. The van der Waals surface area contributed by atoms with Crippen LogP contribution in [0, 0.1) is 5.92 Å². The van der Waals surface area contributed by atoms with Crippen LogP contribution in [0.2, 0.25) is 0 Å². The van der Waals surface area contributed by atoms with Crippen molar-refractivity contribution < 1.29 is 16.8 Å². The van der Waals surface area contributed by atoms with Crippen molar-refractivity contribution in [3.63, 3.8) is 0 Å². The first-order chi connectivity index (χ1) is 9.65. The molecule has 0 aliphatic carbocycles. The molecule has 0 aromatic heterocycles. The van der Waals surface area contributed by atoms with Gasteiger partial charge in [0, 0.05) is 13.1 Å². The zero-order chi connectivity index (χ0) is 15.8. The SMILES string of the molecule is CC(C)C1N(S(C)(=O)=O)CCN1S(=O)(=O)c1ccccc1. The van der Waals surface area contributed by atoms with E-state index in [4.69, 9.17) is 0 Å². The third-order valence-electron chi connectivity index (χ3n) is 3.50. The van der Waals surface area contributed by atoms with Crippen LogP contribution >= 0.6 is 0 Å². The van der Waals surface area contributed by atoms with Gasteiger partial charge in [-0.05, 0) is 18.1 Å². The van der Waals surface area contributed by atoms with E-state index < -0.39 is 26.2 Å². The smallest absolute Gasteiger partial charge is 0.212 e. The highest BCUT2D eigenvalue weighted by molar-refractivity contribution is 7.89. The summed E-state index contributed by atoms with van der Waals surface area (Å²) in [5.74, 6) is -0.138. The summed E-state index contributed by atoms with van der Waals surface area (Å²) in [6, 6.07) is 8.10. The highest BCUT2D eigenvalue weighted by Crippen LogP contribution is 2.29. The maximum atomic E-state index is 12.7. The normalized spacial score (nSPS) is 22.0. The average molecular weight is 332 g/mol. The summed E-state index contributed by atoms with van der Waals surface area (Å²) in [5.41, 5.74) is 0. The topological polar surface area (TPSA) is 74.8 Å². The summed E-state index contributed by atoms with van der Waals surface area (Å²) in [4.78, 5) is 0.186. The van der Waals surface area contributed by atoms with E-state index >= 15 is 0 Å². The van der Waals surface area contributed by atoms with Crippen molar-refractivity contribution in [3.8, 4) is 0 Å². The Morgan fingerprint density at radius 1 is 1.00 bits per heavy atom. The second-order valence-corrected chi connectivity index (χ2v) is 9.29. The molecule has 1 atom stereocenters. The standard InChI is InChI=1S/C13H20N2O4S2/c1-11(2)13-14(20(3,16)17)9-10-15(13)21(18,19)12-7-5-4-6-8-12/h4-8,11,13H,9-10H2,1-3H3. The molecule has 1 unspecified atom stereocenters. The van der Waals surface area contributed by atoms with Crippen LogP contribution in [0.3, 0.4) is 0 Å². The van der Waals surface area contributed by atoms with E-state index in [1.54, 1.807) is 18.2 Å². The predicted octanol–water partition coefficient (Wildman–Crippen LogP) is 0.935. The van der Waals surface area contributed by atoms with E-state index in [-0.39, 0.29) is 23.9 Å². The van der Waals surface area contributed by atoms with Crippen LogP contribution in [0.4, 0.5) is 0 Å². The Morgan fingerprint density at radius 3 is 2.00 bits per heavy atom. The molecule has 0 N–H and O–H groups in total. The Morgan fingerprint density at radius 2 is 1.52 bits per heavy atom. The van der Waals surface area contributed by atoms with Crippen molar-refractivity contribution in [2.75, 3.05) is 19.3 Å². The first-order valence-electron chi connectivity index (χ1n) is 6.69. The molecule has 0 bridgehead atoms. The number of hydrogen-bond acceptors (Lipinski definition) is 4. The van der Waals surface area contributed by atoms with Crippen LogP contribution in [-0.4, -0.2) is 51.0 Å². The lowest BCUT2D eigenvalue weighted by molar-refractivity contribution is 0.220.